The maximum atomic E-state index is 12.8. The van der Waals surface area contributed by atoms with Crippen LogP contribution in [0, 0.1) is 6.92 Å². The molecule has 0 bridgehead atoms. The van der Waals surface area contributed by atoms with Crippen molar-refractivity contribution in [2.45, 2.75) is 18.7 Å². The van der Waals surface area contributed by atoms with Crippen molar-refractivity contribution in [2.75, 3.05) is 19.9 Å². The van der Waals surface area contributed by atoms with Crippen LogP contribution in [0.2, 0.25) is 0 Å². The molecule has 2 atom stereocenters. The molecule has 0 heterocycles. The maximum absolute atomic E-state index is 12.8. The zero-order valence-corrected chi connectivity index (χ0v) is 16.7. The molecule has 0 fully saturated rings. The minimum Gasteiger partial charge on any atom is -0.494 e. The fourth-order valence-corrected chi connectivity index (χ4v) is 2.07. The van der Waals surface area contributed by atoms with Crippen LogP contribution in [0.4, 0.5) is 8.78 Å². The van der Waals surface area contributed by atoms with Crippen molar-refractivity contribution < 1.29 is 44.4 Å². The van der Waals surface area contributed by atoms with Crippen LogP contribution in [0.3, 0.4) is 0 Å². The molecule has 25 heavy (non-hydrogen) atoms. The Bertz CT molecular complexity index is 603. The van der Waals surface area contributed by atoms with E-state index in [1.54, 1.807) is 12.1 Å². The molecule has 6 heteroatoms. The molecule has 2 aromatic carbocycles. The first-order chi connectivity index (χ1) is 11.6. The molecule has 2 unspecified atom stereocenters. The van der Waals surface area contributed by atoms with Gasteiger partial charge in [0.1, 0.15) is 24.8 Å². The van der Waals surface area contributed by atoms with Gasteiger partial charge in [-0.2, -0.15) is 0 Å². The van der Waals surface area contributed by atoms with Gasteiger partial charge in [-0.05, 0) is 47.9 Å². The Morgan fingerprint density at radius 3 is 1.72 bits per heavy atom. The second kappa shape index (κ2) is 11.2. The summed E-state index contributed by atoms with van der Waals surface area (Å²) >= 11 is 0. The molecule has 0 aliphatic carbocycles. The van der Waals surface area contributed by atoms with E-state index in [2.05, 4.69) is 6.92 Å². The minimum absolute atomic E-state index is 0. The van der Waals surface area contributed by atoms with Gasteiger partial charge in [0.15, 0.2) is 6.17 Å². The molecule has 0 aliphatic heterocycles. The van der Waals surface area contributed by atoms with Crippen LogP contribution < -0.4 is 9.47 Å². The molecule has 3 nitrogen and oxygen atoms in total. The average molecular weight is 519 g/mol. The number of alkyl halides is 2. The fourth-order valence-electron chi connectivity index (χ4n) is 2.07. The molecule has 0 spiro atoms. The second-order valence-corrected chi connectivity index (χ2v) is 5.49. The van der Waals surface area contributed by atoms with Crippen LogP contribution in [0.5, 0.6) is 11.5 Å². The predicted octanol–water partition coefficient (Wildman–Crippen LogP) is 3.54. The summed E-state index contributed by atoms with van der Waals surface area (Å²) in [6.45, 7) is 2.28. The van der Waals surface area contributed by atoms with Gasteiger partial charge in [0.05, 0.1) is 6.61 Å². The number of halogens is 2. The number of ether oxygens (including phenoxy) is 2. The molecule has 0 radical (unpaired) electrons. The molecule has 2 aromatic rings. The smallest absolute Gasteiger partial charge is 0.162 e. The van der Waals surface area contributed by atoms with Crippen LogP contribution in [0.25, 0.3) is 0 Å². The van der Waals surface area contributed by atoms with E-state index in [0.29, 0.717) is 11.5 Å². The minimum atomic E-state index is -1.59. The normalized spacial score (nSPS) is 12.8. The second-order valence-electron chi connectivity index (χ2n) is 5.49. The third-order valence-corrected chi connectivity index (χ3v) is 3.30. The number of rotatable bonds is 9. The first-order valence-corrected chi connectivity index (χ1v) is 7.71. The van der Waals surface area contributed by atoms with E-state index < -0.39 is 19.0 Å². The summed E-state index contributed by atoms with van der Waals surface area (Å²) in [6.07, 6.45) is -1.60. The van der Waals surface area contributed by atoms with Crippen LogP contribution >= 0.6 is 0 Å². The molecular formula is C19H21F2O3W-. The Labute approximate surface area is 161 Å². The Hall–Kier alpha value is -1.45. The van der Waals surface area contributed by atoms with Crippen molar-refractivity contribution in [1.82, 2.24) is 0 Å². The standard InChI is InChI=1S/C19H21F2O3.W/c1-14(22)12-23-18-6-2-15(3-7-18)10-16-4-8-19(9-5-16)24-13-17(21)11-20;/h2-9,14,17,22H,1,10-13H2;/q-1;. The predicted molar refractivity (Wildman–Crippen MR) is 88.9 cm³/mol. The van der Waals surface area contributed by atoms with Gasteiger partial charge in [-0.25, -0.2) is 8.78 Å². The number of hydrogen-bond donors (Lipinski definition) is 1. The number of benzene rings is 2. The van der Waals surface area contributed by atoms with Crippen molar-refractivity contribution in [3.8, 4) is 11.5 Å². The zero-order valence-electron chi connectivity index (χ0n) is 13.7. The van der Waals surface area contributed by atoms with E-state index in [4.69, 9.17) is 14.6 Å². The molecule has 0 amide bonds. The van der Waals surface area contributed by atoms with Gasteiger partial charge < -0.3 is 21.5 Å². The van der Waals surface area contributed by atoms with E-state index in [1.807, 2.05) is 36.4 Å². The quantitative estimate of drug-likeness (QED) is 0.516. The fraction of sp³-hybridized carbons (Fsp3) is 0.316. The SMILES string of the molecule is [CH2-]C(O)COc1ccc(Cc2ccc(OCC(F)CF)cc2)cc1.[W]. The summed E-state index contributed by atoms with van der Waals surface area (Å²) in [4.78, 5) is 0. The van der Waals surface area contributed by atoms with Crippen LogP contribution in [-0.4, -0.2) is 37.3 Å². The Morgan fingerprint density at radius 1 is 0.880 bits per heavy atom. The molecule has 0 aliphatic rings. The van der Waals surface area contributed by atoms with Gasteiger partial charge in [-0.15, -0.1) is 0 Å². The third-order valence-electron chi connectivity index (χ3n) is 3.30. The van der Waals surface area contributed by atoms with E-state index in [1.165, 1.54) is 0 Å². The summed E-state index contributed by atoms with van der Waals surface area (Å²) in [5.74, 6) is 1.20. The summed E-state index contributed by atoms with van der Waals surface area (Å²) in [7, 11) is 0. The summed E-state index contributed by atoms with van der Waals surface area (Å²) < 4.78 is 35.3. The maximum Gasteiger partial charge on any atom is 0.162 e. The number of aliphatic hydroxyl groups is 1. The van der Waals surface area contributed by atoms with Crippen LogP contribution in [-0.2, 0) is 27.5 Å². The molecule has 2 rings (SSSR count). The van der Waals surface area contributed by atoms with Gasteiger partial charge in [-0.3, -0.25) is 0 Å². The van der Waals surface area contributed by atoms with Crippen molar-refractivity contribution in [3.63, 3.8) is 0 Å². The Kier molecular flexibility index (Phi) is 9.69. The van der Waals surface area contributed by atoms with Gasteiger partial charge >= 0.3 is 0 Å². The first kappa shape index (κ1) is 21.6. The van der Waals surface area contributed by atoms with Crippen molar-refractivity contribution in [2.24, 2.45) is 0 Å². The Morgan fingerprint density at radius 2 is 1.32 bits per heavy atom. The summed E-state index contributed by atoms with van der Waals surface area (Å²) in [6, 6.07) is 14.8. The molecule has 0 saturated carbocycles. The van der Waals surface area contributed by atoms with E-state index in [-0.39, 0.29) is 34.3 Å². The van der Waals surface area contributed by atoms with Crippen LogP contribution in [0.1, 0.15) is 11.1 Å². The van der Waals surface area contributed by atoms with E-state index in [9.17, 15) is 8.78 Å². The van der Waals surface area contributed by atoms with Gasteiger partial charge in [-0.1, -0.05) is 24.3 Å². The van der Waals surface area contributed by atoms with E-state index >= 15 is 0 Å². The van der Waals surface area contributed by atoms with Crippen molar-refractivity contribution >= 4 is 0 Å². The molecular weight excluding hydrogens is 498 g/mol. The molecule has 136 valence electrons. The van der Waals surface area contributed by atoms with Crippen LogP contribution in [0.15, 0.2) is 48.5 Å². The van der Waals surface area contributed by atoms with Crippen molar-refractivity contribution in [1.29, 1.82) is 0 Å². The van der Waals surface area contributed by atoms with Gasteiger partial charge in [0.2, 0.25) is 0 Å². The Balaban J connectivity index is 0.00000312. The average Bonchev–Trinajstić information content (AvgIpc) is 2.60. The van der Waals surface area contributed by atoms with Gasteiger partial charge in [0, 0.05) is 21.1 Å². The zero-order chi connectivity index (χ0) is 17.4. The molecule has 0 aromatic heterocycles. The first-order valence-electron chi connectivity index (χ1n) is 7.71. The van der Waals surface area contributed by atoms with Gasteiger partial charge in [0.25, 0.3) is 0 Å². The summed E-state index contributed by atoms with van der Waals surface area (Å²) in [5.41, 5.74) is 2.18. The molecule has 1 N–H and O–H groups in total. The third kappa shape index (κ3) is 7.98. The number of aliphatic hydroxyl groups excluding tert-OH is 1. The summed E-state index contributed by atoms with van der Waals surface area (Å²) in [5, 5.41) is 9.08. The van der Waals surface area contributed by atoms with E-state index in [0.717, 1.165) is 17.5 Å². The number of hydrogen-bond acceptors (Lipinski definition) is 3. The monoisotopic (exact) mass is 519 g/mol. The molecule has 0 saturated heterocycles. The largest absolute Gasteiger partial charge is 0.494 e. The van der Waals surface area contributed by atoms with Crippen molar-refractivity contribution in [3.05, 3.63) is 66.6 Å². The topological polar surface area (TPSA) is 38.7 Å².